The first-order chi connectivity index (χ1) is 10.5. The fourth-order valence-corrected chi connectivity index (χ4v) is 2.13. The number of aromatic amines is 1. The van der Waals surface area contributed by atoms with Crippen molar-refractivity contribution in [3.8, 4) is 0 Å². The summed E-state index contributed by atoms with van der Waals surface area (Å²) in [6, 6.07) is 0. The Labute approximate surface area is 126 Å². The molecule has 0 fully saturated rings. The molecule has 0 aliphatic heterocycles. The Balaban J connectivity index is 2.21. The minimum Gasteiger partial charge on any atom is -0.466 e. The van der Waals surface area contributed by atoms with Gasteiger partial charge >= 0.3 is 5.97 Å². The lowest BCUT2D eigenvalue weighted by Gasteiger charge is -2.17. The van der Waals surface area contributed by atoms with Crippen LogP contribution in [0.4, 0.5) is 5.95 Å². The fraction of sp³-hybridized carbons (Fsp3) is 0.538. The smallest absolute Gasteiger partial charge is 0.302 e. The van der Waals surface area contributed by atoms with Crippen molar-refractivity contribution in [1.82, 2.24) is 19.5 Å². The fourth-order valence-electron chi connectivity index (χ4n) is 2.13. The first-order valence-corrected chi connectivity index (χ1v) is 6.84. The number of fused-ring (bicyclic) bond motifs is 1. The van der Waals surface area contributed by atoms with Crippen LogP contribution in [-0.2, 0) is 20.8 Å². The molecule has 3 N–H and O–H groups in total. The van der Waals surface area contributed by atoms with E-state index in [2.05, 4.69) is 15.0 Å². The second kappa shape index (κ2) is 7.03. The molecule has 0 saturated carbocycles. The van der Waals surface area contributed by atoms with E-state index in [1.807, 2.05) is 0 Å². The molecule has 0 spiro atoms. The number of aromatic nitrogens is 4. The zero-order chi connectivity index (χ0) is 16.1. The normalized spacial score (nSPS) is 12.5. The van der Waals surface area contributed by atoms with Gasteiger partial charge in [0.05, 0.1) is 12.9 Å². The van der Waals surface area contributed by atoms with Crippen molar-refractivity contribution in [3.63, 3.8) is 0 Å². The number of nitrogens with two attached hydrogens (primary N) is 1. The molecule has 9 nitrogen and oxygen atoms in total. The van der Waals surface area contributed by atoms with Gasteiger partial charge in [0.2, 0.25) is 5.95 Å². The van der Waals surface area contributed by atoms with Gasteiger partial charge < -0.3 is 19.8 Å². The third-order valence-corrected chi connectivity index (χ3v) is 3.20. The molecule has 0 saturated heterocycles. The second-order valence-corrected chi connectivity index (χ2v) is 4.97. The van der Waals surface area contributed by atoms with E-state index in [1.54, 1.807) is 11.7 Å². The number of esters is 1. The molecule has 120 valence electrons. The van der Waals surface area contributed by atoms with Crippen LogP contribution in [0.15, 0.2) is 11.1 Å². The summed E-state index contributed by atoms with van der Waals surface area (Å²) in [4.78, 5) is 33.3. The van der Waals surface area contributed by atoms with Crippen LogP contribution in [0.1, 0.15) is 13.3 Å². The van der Waals surface area contributed by atoms with E-state index >= 15 is 0 Å². The van der Waals surface area contributed by atoms with Gasteiger partial charge in [0, 0.05) is 33.1 Å². The average Bonchev–Trinajstić information content (AvgIpc) is 2.85. The van der Waals surface area contributed by atoms with E-state index in [0.717, 1.165) is 0 Å². The third-order valence-electron chi connectivity index (χ3n) is 3.20. The van der Waals surface area contributed by atoms with Crippen LogP contribution in [0.5, 0.6) is 0 Å². The number of hydrogen-bond donors (Lipinski definition) is 2. The number of carbonyl (C=O) groups excluding carboxylic acids is 1. The van der Waals surface area contributed by atoms with Gasteiger partial charge in [-0.2, -0.15) is 4.98 Å². The molecule has 9 heteroatoms. The molecule has 0 unspecified atom stereocenters. The second-order valence-electron chi connectivity index (χ2n) is 4.97. The summed E-state index contributed by atoms with van der Waals surface area (Å²) in [5, 5.41) is 0. The predicted molar refractivity (Wildman–Crippen MR) is 79.2 cm³/mol. The van der Waals surface area contributed by atoms with Crippen LogP contribution in [0.3, 0.4) is 0 Å². The summed E-state index contributed by atoms with van der Waals surface area (Å²) in [6.45, 7) is 2.65. The molecule has 0 aliphatic rings. The SMILES string of the molecule is COCC[C@@H](COC(C)=O)Cn1cnc2c(=O)[nH]c(N)nc21. The van der Waals surface area contributed by atoms with Crippen LogP contribution in [0.2, 0.25) is 0 Å². The lowest BCUT2D eigenvalue weighted by molar-refractivity contribution is -0.142. The van der Waals surface area contributed by atoms with Crippen LogP contribution < -0.4 is 11.3 Å². The van der Waals surface area contributed by atoms with Crippen molar-refractivity contribution in [2.75, 3.05) is 26.1 Å². The van der Waals surface area contributed by atoms with E-state index in [1.165, 1.54) is 13.3 Å². The number of nitrogen functional groups attached to an aromatic ring is 1. The number of H-pyrrole nitrogens is 1. The number of rotatable bonds is 7. The van der Waals surface area contributed by atoms with E-state index in [0.29, 0.717) is 25.2 Å². The molecular formula is C13H19N5O4. The summed E-state index contributed by atoms with van der Waals surface area (Å²) in [5.41, 5.74) is 5.82. The van der Waals surface area contributed by atoms with E-state index in [-0.39, 0.29) is 35.5 Å². The topological polar surface area (TPSA) is 125 Å². The highest BCUT2D eigenvalue weighted by molar-refractivity contribution is 5.70. The van der Waals surface area contributed by atoms with Crippen molar-refractivity contribution in [3.05, 3.63) is 16.7 Å². The molecule has 2 heterocycles. The number of imidazole rings is 1. The molecule has 0 bridgehead atoms. The zero-order valence-electron chi connectivity index (χ0n) is 12.5. The van der Waals surface area contributed by atoms with Crippen molar-refractivity contribution in [2.45, 2.75) is 19.9 Å². The van der Waals surface area contributed by atoms with Gasteiger partial charge in [-0.25, -0.2) is 4.98 Å². The lowest BCUT2D eigenvalue weighted by Crippen LogP contribution is -2.20. The first-order valence-electron chi connectivity index (χ1n) is 6.84. The molecule has 0 radical (unpaired) electrons. The van der Waals surface area contributed by atoms with Crippen LogP contribution in [0, 0.1) is 5.92 Å². The van der Waals surface area contributed by atoms with Crippen LogP contribution in [0.25, 0.3) is 11.2 Å². The monoisotopic (exact) mass is 309 g/mol. The number of ether oxygens (including phenoxy) is 2. The van der Waals surface area contributed by atoms with Crippen molar-refractivity contribution in [1.29, 1.82) is 0 Å². The summed E-state index contributed by atoms with van der Waals surface area (Å²) >= 11 is 0. The molecule has 2 aromatic rings. The molecular weight excluding hydrogens is 290 g/mol. The maximum Gasteiger partial charge on any atom is 0.302 e. The predicted octanol–water partition coefficient (Wildman–Crippen LogP) is -0.0824. The Morgan fingerprint density at radius 1 is 1.55 bits per heavy atom. The molecule has 0 aromatic carbocycles. The molecule has 2 rings (SSSR count). The van der Waals surface area contributed by atoms with Gasteiger partial charge in [-0.05, 0) is 6.42 Å². The zero-order valence-corrected chi connectivity index (χ0v) is 12.5. The highest BCUT2D eigenvalue weighted by Crippen LogP contribution is 2.13. The third kappa shape index (κ3) is 3.82. The van der Waals surface area contributed by atoms with Gasteiger partial charge in [0.25, 0.3) is 5.56 Å². The molecule has 2 aromatic heterocycles. The van der Waals surface area contributed by atoms with Crippen LogP contribution in [-0.4, -0.2) is 45.8 Å². The summed E-state index contributed by atoms with van der Waals surface area (Å²) in [6.07, 6.45) is 2.22. The number of carbonyl (C=O) groups is 1. The Morgan fingerprint density at radius 2 is 2.32 bits per heavy atom. The van der Waals surface area contributed by atoms with Crippen molar-refractivity contribution < 1.29 is 14.3 Å². The van der Waals surface area contributed by atoms with E-state index < -0.39 is 0 Å². The largest absolute Gasteiger partial charge is 0.466 e. The van der Waals surface area contributed by atoms with Crippen molar-refractivity contribution in [2.24, 2.45) is 5.92 Å². The number of hydrogen-bond acceptors (Lipinski definition) is 7. The Morgan fingerprint density at radius 3 is 3.00 bits per heavy atom. The molecule has 0 amide bonds. The van der Waals surface area contributed by atoms with Crippen LogP contribution >= 0.6 is 0 Å². The standard InChI is InChI=1S/C13H19N5O4/c1-8(19)22-6-9(3-4-21-2)5-18-7-15-10-11(18)16-13(14)17-12(10)20/h7,9H,3-6H2,1-2H3,(H3,14,16,17,20)/t9-/m1/s1. The van der Waals surface area contributed by atoms with Gasteiger partial charge in [0.1, 0.15) is 0 Å². The minimum atomic E-state index is -0.380. The highest BCUT2D eigenvalue weighted by atomic mass is 16.5. The summed E-state index contributed by atoms with van der Waals surface area (Å²) in [7, 11) is 1.61. The molecule has 1 atom stereocenters. The number of methoxy groups -OCH3 is 1. The van der Waals surface area contributed by atoms with Gasteiger partial charge in [0.15, 0.2) is 11.2 Å². The first kappa shape index (κ1) is 16.0. The maximum absolute atomic E-state index is 11.7. The summed E-state index contributed by atoms with van der Waals surface area (Å²) in [5.74, 6) is -0.284. The quantitative estimate of drug-likeness (QED) is 0.685. The summed E-state index contributed by atoms with van der Waals surface area (Å²) < 4.78 is 11.9. The highest BCUT2D eigenvalue weighted by Gasteiger charge is 2.15. The maximum atomic E-state index is 11.7. The number of nitrogens with one attached hydrogen (secondary N) is 1. The molecule has 22 heavy (non-hydrogen) atoms. The Bertz CT molecular complexity index is 708. The minimum absolute atomic E-state index is 0.0172. The Kier molecular flexibility index (Phi) is 5.10. The van der Waals surface area contributed by atoms with E-state index in [9.17, 15) is 9.59 Å². The van der Waals surface area contributed by atoms with E-state index in [4.69, 9.17) is 15.2 Å². The Hall–Kier alpha value is -2.42. The van der Waals surface area contributed by atoms with Gasteiger partial charge in [-0.3, -0.25) is 14.6 Å². The van der Waals surface area contributed by atoms with Crippen molar-refractivity contribution >= 4 is 23.1 Å². The lowest BCUT2D eigenvalue weighted by atomic mass is 10.1. The average molecular weight is 309 g/mol. The number of anilines is 1. The number of nitrogens with zero attached hydrogens (tertiary/aromatic N) is 3. The molecule has 0 aliphatic carbocycles. The van der Waals surface area contributed by atoms with Gasteiger partial charge in [-0.15, -0.1) is 0 Å². The van der Waals surface area contributed by atoms with Gasteiger partial charge in [-0.1, -0.05) is 0 Å².